The molecule has 0 saturated carbocycles. The molecule has 4 N–H and O–H groups in total. The van der Waals surface area contributed by atoms with E-state index in [4.69, 9.17) is 17.3 Å². The van der Waals surface area contributed by atoms with Crippen molar-refractivity contribution in [3.05, 3.63) is 28.8 Å². The Balaban J connectivity index is 2.69. The molecule has 1 amide bonds. The van der Waals surface area contributed by atoms with Gasteiger partial charge in [-0.3, -0.25) is 4.79 Å². The van der Waals surface area contributed by atoms with E-state index in [9.17, 15) is 4.79 Å². The second-order valence-electron chi connectivity index (χ2n) is 3.09. The summed E-state index contributed by atoms with van der Waals surface area (Å²) in [6.45, 7) is 1.65. The SMILES string of the molecule is CNCCNc1ccc(C(N)=O)c(Cl)c1. The van der Waals surface area contributed by atoms with Crippen molar-refractivity contribution in [2.24, 2.45) is 5.73 Å². The molecule has 0 atom stereocenters. The van der Waals surface area contributed by atoms with Gasteiger partial charge in [-0.15, -0.1) is 0 Å². The van der Waals surface area contributed by atoms with Gasteiger partial charge in [0.15, 0.2) is 0 Å². The molecule has 15 heavy (non-hydrogen) atoms. The number of carbonyl (C=O) groups is 1. The number of anilines is 1. The van der Waals surface area contributed by atoms with Gasteiger partial charge in [0.1, 0.15) is 0 Å². The lowest BCUT2D eigenvalue weighted by Crippen LogP contribution is -2.18. The van der Waals surface area contributed by atoms with E-state index in [0.717, 1.165) is 18.8 Å². The van der Waals surface area contributed by atoms with E-state index in [-0.39, 0.29) is 0 Å². The molecule has 0 fully saturated rings. The Morgan fingerprint density at radius 1 is 1.47 bits per heavy atom. The number of primary amides is 1. The summed E-state index contributed by atoms with van der Waals surface area (Å²) in [5.74, 6) is -0.512. The second kappa shape index (κ2) is 5.58. The minimum Gasteiger partial charge on any atom is -0.384 e. The molecular formula is C10H14ClN3O. The van der Waals surface area contributed by atoms with E-state index < -0.39 is 5.91 Å². The number of benzene rings is 1. The van der Waals surface area contributed by atoms with Crippen LogP contribution in [0.1, 0.15) is 10.4 Å². The molecule has 0 heterocycles. The Labute approximate surface area is 93.8 Å². The number of halogens is 1. The first-order valence-corrected chi connectivity index (χ1v) is 5.00. The number of hydrogen-bond donors (Lipinski definition) is 3. The quantitative estimate of drug-likeness (QED) is 0.660. The predicted molar refractivity (Wildman–Crippen MR) is 62.4 cm³/mol. The molecule has 5 heteroatoms. The lowest BCUT2D eigenvalue weighted by molar-refractivity contribution is 0.100. The first-order chi connectivity index (χ1) is 7.15. The molecule has 0 aliphatic heterocycles. The van der Waals surface area contributed by atoms with Crippen LogP contribution in [-0.2, 0) is 0 Å². The highest BCUT2D eigenvalue weighted by molar-refractivity contribution is 6.34. The molecule has 1 rings (SSSR count). The van der Waals surface area contributed by atoms with Crippen molar-refractivity contribution >= 4 is 23.2 Å². The number of likely N-dealkylation sites (N-methyl/N-ethyl adjacent to an activating group) is 1. The van der Waals surface area contributed by atoms with Crippen LogP contribution in [0.2, 0.25) is 5.02 Å². The normalized spacial score (nSPS) is 10.0. The summed E-state index contributed by atoms with van der Waals surface area (Å²) in [6, 6.07) is 5.09. The Morgan fingerprint density at radius 2 is 2.20 bits per heavy atom. The number of carbonyl (C=O) groups excluding carboxylic acids is 1. The van der Waals surface area contributed by atoms with Crippen molar-refractivity contribution in [2.45, 2.75) is 0 Å². The average Bonchev–Trinajstić information content (AvgIpc) is 2.17. The maximum atomic E-state index is 10.9. The maximum absolute atomic E-state index is 10.9. The third-order valence-corrected chi connectivity index (χ3v) is 2.25. The fourth-order valence-corrected chi connectivity index (χ4v) is 1.43. The van der Waals surface area contributed by atoms with E-state index in [1.165, 1.54) is 0 Å². The smallest absolute Gasteiger partial charge is 0.250 e. The van der Waals surface area contributed by atoms with Gasteiger partial charge >= 0.3 is 0 Å². The van der Waals surface area contributed by atoms with Crippen LogP contribution >= 0.6 is 11.6 Å². The van der Waals surface area contributed by atoms with E-state index in [1.54, 1.807) is 18.2 Å². The second-order valence-corrected chi connectivity index (χ2v) is 3.50. The lowest BCUT2D eigenvalue weighted by Gasteiger charge is -2.07. The summed E-state index contributed by atoms with van der Waals surface area (Å²) in [6.07, 6.45) is 0. The van der Waals surface area contributed by atoms with Gasteiger partial charge in [0.25, 0.3) is 0 Å². The van der Waals surface area contributed by atoms with Gasteiger partial charge in [0.05, 0.1) is 10.6 Å². The maximum Gasteiger partial charge on any atom is 0.250 e. The van der Waals surface area contributed by atoms with Crippen molar-refractivity contribution < 1.29 is 4.79 Å². The van der Waals surface area contributed by atoms with Crippen LogP contribution in [0.3, 0.4) is 0 Å². The summed E-state index contributed by atoms with van der Waals surface area (Å²) in [7, 11) is 1.88. The average molecular weight is 228 g/mol. The van der Waals surface area contributed by atoms with Gasteiger partial charge in [0.2, 0.25) is 5.91 Å². The first-order valence-electron chi connectivity index (χ1n) is 4.63. The summed E-state index contributed by atoms with van der Waals surface area (Å²) >= 11 is 5.88. The highest BCUT2D eigenvalue weighted by atomic mass is 35.5. The molecular weight excluding hydrogens is 214 g/mol. The van der Waals surface area contributed by atoms with E-state index in [0.29, 0.717) is 10.6 Å². The first kappa shape index (κ1) is 11.8. The molecule has 0 aliphatic rings. The monoisotopic (exact) mass is 227 g/mol. The van der Waals surface area contributed by atoms with Crippen LogP contribution in [0.5, 0.6) is 0 Å². The summed E-state index contributed by atoms with van der Waals surface area (Å²) in [4.78, 5) is 10.9. The summed E-state index contributed by atoms with van der Waals surface area (Å²) < 4.78 is 0. The van der Waals surface area contributed by atoms with Crippen molar-refractivity contribution in [1.82, 2.24) is 5.32 Å². The summed E-state index contributed by atoms with van der Waals surface area (Å²) in [5, 5.41) is 6.54. The predicted octanol–water partition coefficient (Wildman–Crippen LogP) is 1.07. The highest BCUT2D eigenvalue weighted by Gasteiger charge is 2.06. The third kappa shape index (κ3) is 3.42. The van der Waals surface area contributed by atoms with Gasteiger partial charge < -0.3 is 16.4 Å². The van der Waals surface area contributed by atoms with Crippen molar-refractivity contribution in [1.29, 1.82) is 0 Å². The molecule has 0 aromatic heterocycles. The van der Waals surface area contributed by atoms with Crippen LogP contribution in [0, 0.1) is 0 Å². The van der Waals surface area contributed by atoms with Gasteiger partial charge in [-0.2, -0.15) is 0 Å². The van der Waals surface area contributed by atoms with Gasteiger partial charge in [-0.25, -0.2) is 0 Å². The summed E-state index contributed by atoms with van der Waals surface area (Å²) in [5.41, 5.74) is 6.35. The lowest BCUT2D eigenvalue weighted by atomic mass is 10.2. The van der Waals surface area contributed by atoms with Crippen molar-refractivity contribution in [3.63, 3.8) is 0 Å². The molecule has 82 valence electrons. The zero-order valence-electron chi connectivity index (χ0n) is 8.51. The topological polar surface area (TPSA) is 67.2 Å². The number of nitrogens with one attached hydrogen (secondary N) is 2. The highest BCUT2D eigenvalue weighted by Crippen LogP contribution is 2.20. The van der Waals surface area contributed by atoms with Gasteiger partial charge in [0, 0.05) is 18.8 Å². The molecule has 0 unspecified atom stereocenters. The van der Waals surface area contributed by atoms with E-state index in [1.807, 2.05) is 7.05 Å². The number of hydrogen-bond acceptors (Lipinski definition) is 3. The largest absolute Gasteiger partial charge is 0.384 e. The minimum atomic E-state index is -0.512. The Bertz CT molecular complexity index is 355. The molecule has 4 nitrogen and oxygen atoms in total. The zero-order valence-corrected chi connectivity index (χ0v) is 9.27. The van der Waals surface area contributed by atoms with Crippen molar-refractivity contribution in [2.75, 3.05) is 25.5 Å². The number of amides is 1. The Kier molecular flexibility index (Phi) is 4.39. The van der Waals surface area contributed by atoms with Gasteiger partial charge in [-0.05, 0) is 25.2 Å². The Hall–Kier alpha value is -1.26. The standard InChI is InChI=1S/C10H14ClN3O/c1-13-4-5-14-7-2-3-8(10(12)15)9(11)6-7/h2-3,6,13-14H,4-5H2,1H3,(H2,12,15). The van der Waals surface area contributed by atoms with Gasteiger partial charge in [-0.1, -0.05) is 11.6 Å². The van der Waals surface area contributed by atoms with Crippen LogP contribution in [0.4, 0.5) is 5.69 Å². The fourth-order valence-electron chi connectivity index (χ4n) is 1.16. The third-order valence-electron chi connectivity index (χ3n) is 1.94. The van der Waals surface area contributed by atoms with Crippen LogP contribution < -0.4 is 16.4 Å². The molecule has 1 aromatic carbocycles. The van der Waals surface area contributed by atoms with Crippen molar-refractivity contribution in [3.8, 4) is 0 Å². The molecule has 0 saturated heterocycles. The van der Waals surface area contributed by atoms with E-state index >= 15 is 0 Å². The van der Waals surface area contributed by atoms with Crippen LogP contribution in [0.15, 0.2) is 18.2 Å². The number of rotatable bonds is 5. The number of nitrogens with two attached hydrogens (primary N) is 1. The van der Waals surface area contributed by atoms with E-state index in [2.05, 4.69) is 10.6 Å². The zero-order chi connectivity index (χ0) is 11.3. The molecule has 0 bridgehead atoms. The van der Waals surface area contributed by atoms with Crippen LogP contribution in [0.25, 0.3) is 0 Å². The molecule has 0 radical (unpaired) electrons. The minimum absolute atomic E-state index is 0.343. The van der Waals surface area contributed by atoms with Crippen LogP contribution in [-0.4, -0.2) is 26.0 Å². The molecule has 0 aliphatic carbocycles. The molecule has 1 aromatic rings. The molecule has 0 spiro atoms. The fraction of sp³-hybridized carbons (Fsp3) is 0.300. The Morgan fingerprint density at radius 3 is 2.73 bits per heavy atom.